The fourth-order valence-electron chi connectivity index (χ4n) is 11.4. The van der Waals surface area contributed by atoms with Gasteiger partial charge in [0.15, 0.2) is 0 Å². The molecule has 0 bridgehead atoms. The number of aliphatic carboxylic acids is 1. The van der Waals surface area contributed by atoms with Gasteiger partial charge in [-0.15, -0.1) is 0 Å². The van der Waals surface area contributed by atoms with Gasteiger partial charge in [-0.1, -0.05) is 89.5 Å². The van der Waals surface area contributed by atoms with E-state index in [1.165, 1.54) is 18.7 Å². The van der Waals surface area contributed by atoms with Crippen molar-refractivity contribution in [2.24, 2.45) is 64.2 Å². The number of rotatable bonds is 49. The number of hydrogen-bond acceptors (Lipinski definition) is 19. The van der Waals surface area contributed by atoms with Crippen molar-refractivity contribution >= 4 is 76.9 Å². The number of likely N-dealkylation sites (tertiary alicyclic amines) is 1. The average molecular weight is 1420 g/mol. The number of nitrogens with one attached hydrogen (secondary N) is 11. The molecule has 0 unspecified atom stereocenters. The minimum Gasteiger partial charge on any atom is -0.480 e. The van der Waals surface area contributed by atoms with Crippen LogP contribution in [0.4, 0.5) is 0 Å². The first-order valence-corrected chi connectivity index (χ1v) is 36.0. The summed E-state index contributed by atoms with van der Waals surface area (Å²) in [5, 5.41) is 50.1. The lowest BCUT2D eigenvalue weighted by Crippen LogP contribution is -2.62. The van der Waals surface area contributed by atoms with Crippen molar-refractivity contribution in [2.45, 2.75) is 284 Å². The lowest BCUT2D eigenvalue weighted by Gasteiger charge is -2.31. The number of carbonyl (C=O) groups excluding carboxylic acids is 12. The molecule has 23 N–H and O–H groups in total. The van der Waals surface area contributed by atoms with Crippen LogP contribution in [-0.4, -0.2) is 209 Å². The molecular formula is C68H127N17O15. The minimum atomic E-state index is -1.66. The van der Waals surface area contributed by atoms with Crippen molar-refractivity contribution in [2.75, 3.05) is 32.7 Å². The third-order valence-corrected chi connectivity index (χ3v) is 17.3. The molecule has 1 aliphatic rings. The molecule has 100 heavy (non-hydrogen) atoms. The average Bonchev–Trinajstić information content (AvgIpc) is 1.59. The molecule has 1 saturated heterocycles. The Balaban J connectivity index is 3.38. The molecular weight excluding hydrogens is 1290 g/mol. The van der Waals surface area contributed by atoms with Gasteiger partial charge in [-0.25, -0.2) is 4.79 Å². The monoisotopic (exact) mass is 1420 g/mol. The highest BCUT2D eigenvalue weighted by molar-refractivity contribution is 6.00. The number of carboxylic acid groups (broad SMARTS) is 1. The molecule has 1 aliphatic heterocycles. The summed E-state index contributed by atoms with van der Waals surface area (Å²) in [7, 11) is 0. The second-order valence-corrected chi connectivity index (χ2v) is 28.7. The van der Waals surface area contributed by atoms with Gasteiger partial charge in [-0.3, -0.25) is 57.5 Å². The molecule has 14 atom stereocenters. The van der Waals surface area contributed by atoms with E-state index >= 15 is 0 Å². The molecule has 574 valence electrons. The Morgan fingerprint density at radius 3 is 1.05 bits per heavy atom. The molecule has 32 heteroatoms. The third kappa shape index (κ3) is 32.2. The van der Waals surface area contributed by atoms with E-state index in [0.717, 1.165) is 0 Å². The van der Waals surface area contributed by atoms with Gasteiger partial charge in [-0.05, 0) is 172 Å². The Hall–Kier alpha value is -7.13. The van der Waals surface area contributed by atoms with Crippen LogP contribution in [-0.2, 0) is 62.3 Å². The molecule has 1 heterocycles. The summed E-state index contributed by atoms with van der Waals surface area (Å²) in [5.41, 5.74) is 29.1. The molecule has 1 fully saturated rings. The maximum atomic E-state index is 14.4. The van der Waals surface area contributed by atoms with Crippen LogP contribution < -0.4 is 87.2 Å². The molecule has 0 aromatic heterocycles. The normalized spacial score (nSPS) is 17.1. The Morgan fingerprint density at radius 1 is 0.380 bits per heavy atom. The molecule has 0 spiro atoms. The molecule has 0 aromatic rings. The first kappa shape index (κ1) is 90.9. The predicted octanol–water partition coefficient (Wildman–Crippen LogP) is -1.64. The quantitative estimate of drug-likeness (QED) is 0.0304. The van der Waals surface area contributed by atoms with Crippen LogP contribution in [0.15, 0.2) is 0 Å². The Morgan fingerprint density at radius 2 is 0.690 bits per heavy atom. The second-order valence-electron chi connectivity index (χ2n) is 28.7. The van der Waals surface area contributed by atoms with E-state index < -0.39 is 185 Å². The van der Waals surface area contributed by atoms with Gasteiger partial charge in [-0.2, -0.15) is 0 Å². The van der Waals surface area contributed by atoms with Crippen molar-refractivity contribution in [1.82, 2.24) is 63.4 Å². The zero-order chi connectivity index (χ0) is 76.3. The van der Waals surface area contributed by atoms with E-state index in [2.05, 4.69) is 58.5 Å². The SMILES string of the molecule is CC(C)C[C@H](NC(=O)[C@@H](NC(=O)[C@H](CC(C)C)NC(=O)[C@@H](NC(=O)[C@@H]1CCCN1C(=O)[C@H](C)NC(=O)[C@@H](NC(=O)[C@@H](NC(=O)[C@H](CCCCN)NC(=O)[C@H](CCCCN)NC(=O)[C@H](CCCCN)NC(=O)[C@@H](N)CCCCN)C(C)C)C(C)C)[C@@H](C)O)C(C)C)C(=O)N[C@H](C(=O)O)C(C)C. The summed E-state index contributed by atoms with van der Waals surface area (Å²) in [4.78, 5) is 181. The van der Waals surface area contributed by atoms with Crippen LogP contribution in [0.25, 0.3) is 0 Å². The number of carbonyl (C=O) groups is 13. The number of carboxylic acids is 1. The molecule has 0 saturated carbocycles. The van der Waals surface area contributed by atoms with Crippen LogP contribution in [0.1, 0.15) is 200 Å². The van der Waals surface area contributed by atoms with Crippen LogP contribution in [0.5, 0.6) is 0 Å². The van der Waals surface area contributed by atoms with Gasteiger partial charge in [0.05, 0.1) is 12.1 Å². The topological polar surface area (TPSA) is 528 Å². The number of aliphatic hydroxyl groups excluding tert-OH is 1. The van der Waals surface area contributed by atoms with Crippen molar-refractivity contribution in [3.05, 3.63) is 0 Å². The van der Waals surface area contributed by atoms with Gasteiger partial charge >= 0.3 is 5.97 Å². The van der Waals surface area contributed by atoms with Gasteiger partial charge in [0, 0.05) is 6.54 Å². The fourth-order valence-corrected chi connectivity index (χ4v) is 11.4. The lowest BCUT2D eigenvalue weighted by atomic mass is 9.97. The Labute approximate surface area is 591 Å². The van der Waals surface area contributed by atoms with Crippen molar-refractivity contribution in [3.63, 3.8) is 0 Å². The molecule has 0 radical (unpaired) electrons. The lowest BCUT2D eigenvalue weighted by molar-refractivity contribution is -0.143. The number of aliphatic hydroxyl groups is 1. The highest BCUT2D eigenvalue weighted by atomic mass is 16.4. The number of hydrogen-bond donors (Lipinski definition) is 18. The largest absolute Gasteiger partial charge is 0.480 e. The van der Waals surface area contributed by atoms with E-state index in [1.807, 2.05) is 13.8 Å². The van der Waals surface area contributed by atoms with Gasteiger partial charge in [0.25, 0.3) is 0 Å². The highest BCUT2D eigenvalue weighted by Gasteiger charge is 2.42. The second kappa shape index (κ2) is 47.1. The molecule has 1 rings (SSSR count). The van der Waals surface area contributed by atoms with Crippen molar-refractivity contribution in [1.29, 1.82) is 0 Å². The molecule has 0 aliphatic carbocycles. The maximum absolute atomic E-state index is 14.4. The summed E-state index contributed by atoms with van der Waals surface area (Å²) in [6.07, 6.45) is 3.92. The summed E-state index contributed by atoms with van der Waals surface area (Å²) < 4.78 is 0. The van der Waals surface area contributed by atoms with Crippen molar-refractivity contribution in [3.8, 4) is 0 Å². The molecule has 32 nitrogen and oxygen atoms in total. The van der Waals surface area contributed by atoms with Gasteiger partial charge < -0.3 is 102 Å². The Kier molecular flexibility index (Phi) is 42.8. The van der Waals surface area contributed by atoms with Gasteiger partial charge in [0.1, 0.15) is 72.5 Å². The van der Waals surface area contributed by atoms with E-state index in [4.69, 9.17) is 28.7 Å². The smallest absolute Gasteiger partial charge is 0.326 e. The zero-order valence-corrected chi connectivity index (χ0v) is 61.9. The number of unbranched alkanes of at least 4 members (excludes halogenated alkanes) is 4. The summed E-state index contributed by atoms with van der Waals surface area (Å²) in [6, 6.07) is -16.0. The van der Waals surface area contributed by atoms with Crippen LogP contribution in [0.3, 0.4) is 0 Å². The predicted molar refractivity (Wildman–Crippen MR) is 379 cm³/mol. The minimum absolute atomic E-state index is 0.0379. The standard InChI is InChI=1S/C68H127N17O15/c1-36(2)34-48(60(91)81-52(39(7)8)64(95)78-49(35-37(3)4)61(92)83-54(41(11)12)68(99)100)79-66(97)55(43(14)86)84-62(93)50-28-23-33-85(50)67(98)42(13)74-63(94)51(38(5)6)82-65(96)53(40(9)10)80-59(90)47(27-18-22-32-72)77-58(89)46(26-17-21-31-71)76-57(88)45(25-16-20-30-70)75-56(87)44(73)24-15-19-29-69/h36-55,86H,15-35,69-73H2,1-14H3,(H,74,94)(H,75,87)(H,76,88)(H,77,89)(H,78,95)(H,79,97)(H,80,90)(H,81,91)(H,82,96)(H,83,92)(H,84,93)(H,99,100)/t42-,43+,44-,45-,46-,47-,48-,49-,50-,51-,52-,53-,54-,55-/m0/s1. The van der Waals surface area contributed by atoms with Crippen LogP contribution >= 0.6 is 0 Å². The van der Waals surface area contributed by atoms with Crippen LogP contribution in [0.2, 0.25) is 0 Å². The zero-order valence-electron chi connectivity index (χ0n) is 61.9. The number of nitrogens with two attached hydrogens (primary N) is 5. The maximum Gasteiger partial charge on any atom is 0.326 e. The van der Waals surface area contributed by atoms with E-state index in [0.29, 0.717) is 83.8 Å². The number of amides is 12. The van der Waals surface area contributed by atoms with Crippen LogP contribution in [0, 0.1) is 35.5 Å². The van der Waals surface area contributed by atoms with E-state index in [9.17, 15) is 72.5 Å². The summed E-state index contributed by atoms with van der Waals surface area (Å²) in [6.45, 7) is 24.4. The molecule has 12 amide bonds. The van der Waals surface area contributed by atoms with Crippen molar-refractivity contribution < 1.29 is 72.5 Å². The first-order valence-electron chi connectivity index (χ1n) is 36.0. The third-order valence-electron chi connectivity index (χ3n) is 17.3. The van der Waals surface area contributed by atoms with Gasteiger partial charge in [0.2, 0.25) is 70.9 Å². The molecule has 0 aromatic carbocycles. The number of nitrogens with zero attached hydrogens (tertiary/aromatic N) is 1. The fraction of sp³-hybridized carbons (Fsp3) is 0.809. The Bertz CT molecular complexity index is 2630. The van der Waals surface area contributed by atoms with E-state index in [-0.39, 0.29) is 63.5 Å². The summed E-state index contributed by atoms with van der Waals surface area (Å²) >= 11 is 0. The highest BCUT2D eigenvalue weighted by Crippen LogP contribution is 2.21. The first-order chi connectivity index (χ1) is 46.9. The summed E-state index contributed by atoms with van der Waals surface area (Å²) in [5.74, 6) is -12.7. The van der Waals surface area contributed by atoms with E-state index in [1.54, 1.807) is 69.2 Å².